The van der Waals surface area contributed by atoms with Crippen molar-refractivity contribution in [2.75, 3.05) is 33.4 Å². The van der Waals surface area contributed by atoms with Gasteiger partial charge in [-0.3, -0.25) is 9.69 Å². The molecule has 0 aliphatic carbocycles. The van der Waals surface area contributed by atoms with E-state index in [-0.39, 0.29) is 18.3 Å². The van der Waals surface area contributed by atoms with Crippen LogP contribution in [-0.4, -0.2) is 49.4 Å². The molecule has 2 aliphatic rings. The lowest BCUT2D eigenvalue weighted by atomic mass is 9.76. The molecule has 5 nitrogen and oxygen atoms in total. The Hall–Kier alpha value is -1.66. The zero-order valence-electron chi connectivity index (χ0n) is 12.5. The van der Waals surface area contributed by atoms with Gasteiger partial charge in [0, 0.05) is 37.9 Å². The maximum absolute atomic E-state index is 13.3. The number of nitrogens with zero attached hydrogens (tertiary/aromatic N) is 1. The first-order chi connectivity index (χ1) is 10.5. The standard InChI is InChI=1S/C16H20FNO4/c1-21-14-6-13(17)3-2-11(14)7-18-8-12-4-5-22-10-16(12,9-18)15(19)20/h2-3,6,12H,4-5,7-10H2,1H3,(H,19,20)/t12-,16+/m0/s1. The zero-order chi connectivity index (χ0) is 15.7. The van der Waals surface area contributed by atoms with Gasteiger partial charge >= 0.3 is 5.97 Å². The van der Waals surface area contributed by atoms with E-state index in [9.17, 15) is 14.3 Å². The zero-order valence-corrected chi connectivity index (χ0v) is 12.5. The van der Waals surface area contributed by atoms with Crippen molar-refractivity contribution >= 4 is 5.97 Å². The number of rotatable bonds is 4. The number of hydrogen-bond donors (Lipinski definition) is 1. The van der Waals surface area contributed by atoms with Gasteiger partial charge in [0.05, 0.1) is 13.7 Å². The number of carboxylic acids is 1. The second kappa shape index (κ2) is 5.85. The van der Waals surface area contributed by atoms with Crippen molar-refractivity contribution in [2.45, 2.75) is 13.0 Å². The van der Waals surface area contributed by atoms with Gasteiger partial charge < -0.3 is 14.6 Å². The number of fused-ring (bicyclic) bond motifs is 1. The van der Waals surface area contributed by atoms with Crippen LogP contribution >= 0.6 is 0 Å². The van der Waals surface area contributed by atoms with Crippen LogP contribution in [0, 0.1) is 17.2 Å². The number of hydrogen-bond acceptors (Lipinski definition) is 4. The summed E-state index contributed by atoms with van der Waals surface area (Å²) >= 11 is 0. The van der Waals surface area contributed by atoms with Crippen LogP contribution in [0.15, 0.2) is 18.2 Å². The van der Waals surface area contributed by atoms with Gasteiger partial charge in [0.15, 0.2) is 0 Å². The Bertz CT molecular complexity index is 579. The summed E-state index contributed by atoms with van der Waals surface area (Å²) in [6.45, 7) is 2.61. The fourth-order valence-electron chi connectivity index (χ4n) is 3.60. The normalized spacial score (nSPS) is 28.4. The van der Waals surface area contributed by atoms with Crippen LogP contribution in [0.1, 0.15) is 12.0 Å². The van der Waals surface area contributed by atoms with Crippen molar-refractivity contribution in [2.24, 2.45) is 11.3 Å². The van der Waals surface area contributed by atoms with Crippen LogP contribution in [0.2, 0.25) is 0 Å². The van der Waals surface area contributed by atoms with Gasteiger partial charge in [-0.05, 0) is 18.4 Å². The van der Waals surface area contributed by atoms with Gasteiger partial charge in [0.2, 0.25) is 0 Å². The number of halogens is 1. The first kappa shape index (κ1) is 15.2. The summed E-state index contributed by atoms with van der Waals surface area (Å²) in [7, 11) is 1.51. The Morgan fingerprint density at radius 1 is 1.59 bits per heavy atom. The highest BCUT2D eigenvalue weighted by Crippen LogP contribution is 2.42. The average molecular weight is 309 g/mol. The molecule has 6 heteroatoms. The molecule has 2 atom stereocenters. The molecule has 3 rings (SSSR count). The van der Waals surface area contributed by atoms with E-state index in [2.05, 4.69) is 4.90 Å². The van der Waals surface area contributed by atoms with Crippen molar-refractivity contribution in [1.29, 1.82) is 0 Å². The predicted molar refractivity (Wildman–Crippen MR) is 77.2 cm³/mol. The Morgan fingerprint density at radius 2 is 2.41 bits per heavy atom. The number of benzene rings is 1. The van der Waals surface area contributed by atoms with Crippen LogP contribution in [0.5, 0.6) is 5.75 Å². The molecule has 2 saturated heterocycles. The molecule has 0 amide bonds. The van der Waals surface area contributed by atoms with E-state index in [1.807, 2.05) is 0 Å². The first-order valence-corrected chi connectivity index (χ1v) is 7.41. The number of likely N-dealkylation sites (tertiary alicyclic amines) is 1. The topological polar surface area (TPSA) is 59.0 Å². The second-order valence-corrected chi connectivity index (χ2v) is 6.13. The molecule has 2 aliphatic heterocycles. The minimum absolute atomic E-state index is 0.102. The van der Waals surface area contributed by atoms with Gasteiger partial charge in [-0.1, -0.05) is 6.07 Å². The number of carbonyl (C=O) groups is 1. The molecular formula is C16H20FNO4. The molecule has 2 fully saturated rings. The summed E-state index contributed by atoms with van der Waals surface area (Å²) in [5.41, 5.74) is 0.0508. The Labute approximate surface area is 128 Å². The predicted octanol–water partition coefficient (Wildman–Crippen LogP) is 1.76. The fraction of sp³-hybridized carbons (Fsp3) is 0.562. The summed E-state index contributed by atoms with van der Waals surface area (Å²) in [4.78, 5) is 13.8. The average Bonchev–Trinajstić information content (AvgIpc) is 2.88. The Kier molecular flexibility index (Phi) is 4.06. The van der Waals surface area contributed by atoms with Crippen molar-refractivity contribution < 1.29 is 23.8 Å². The molecule has 1 aromatic rings. The van der Waals surface area contributed by atoms with E-state index >= 15 is 0 Å². The summed E-state index contributed by atoms with van der Waals surface area (Å²) < 4.78 is 23.9. The molecule has 1 aromatic carbocycles. The Balaban J connectivity index is 1.79. The monoisotopic (exact) mass is 309 g/mol. The largest absolute Gasteiger partial charge is 0.496 e. The van der Waals surface area contributed by atoms with Crippen molar-refractivity contribution in [3.05, 3.63) is 29.6 Å². The van der Waals surface area contributed by atoms with Crippen LogP contribution in [-0.2, 0) is 16.1 Å². The molecule has 0 radical (unpaired) electrons. The Morgan fingerprint density at radius 3 is 3.09 bits per heavy atom. The smallest absolute Gasteiger partial charge is 0.313 e. The van der Waals surface area contributed by atoms with Gasteiger partial charge in [0.1, 0.15) is 17.0 Å². The molecule has 22 heavy (non-hydrogen) atoms. The van der Waals surface area contributed by atoms with Crippen molar-refractivity contribution in [3.63, 3.8) is 0 Å². The van der Waals surface area contributed by atoms with Crippen LogP contribution in [0.3, 0.4) is 0 Å². The van der Waals surface area contributed by atoms with Gasteiger partial charge in [-0.2, -0.15) is 0 Å². The number of aliphatic carboxylic acids is 1. The van der Waals surface area contributed by atoms with Crippen LogP contribution in [0.25, 0.3) is 0 Å². The van der Waals surface area contributed by atoms with Crippen LogP contribution in [0.4, 0.5) is 4.39 Å². The highest BCUT2D eigenvalue weighted by Gasteiger charge is 2.54. The second-order valence-electron chi connectivity index (χ2n) is 6.13. The molecule has 0 saturated carbocycles. The molecular weight excluding hydrogens is 289 g/mol. The van der Waals surface area contributed by atoms with E-state index in [1.54, 1.807) is 6.07 Å². The SMILES string of the molecule is COc1cc(F)ccc1CN1C[C@@H]2CCOC[C@]2(C(=O)O)C1. The van der Waals surface area contributed by atoms with Gasteiger partial charge in [0.25, 0.3) is 0 Å². The number of methoxy groups -OCH3 is 1. The minimum atomic E-state index is -0.814. The quantitative estimate of drug-likeness (QED) is 0.918. The van der Waals surface area contributed by atoms with E-state index in [4.69, 9.17) is 9.47 Å². The highest BCUT2D eigenvalue weighted by molar-refractivity contribution is 5.76. The summed E-state index contributed by atoms with van der Waals surface area (Å²) in [6, 6.07) is 4.45. The minimum Gasteiger partial charge on any atom is -0.496 e. The summed E-state index contributed by atoms with van der Waals surface area (Å²) in [5, 5.41) is 9.64. The molecule has 0 bridgehead atoms. The maximum Gasteiger partial charge on any atom is 0.313 e. The molecule has 0 aromatic heterocycles. The van der Waals surface area contributed by atoms with Gasteiger partial charge in [-0.15, -0.1) is 0 Å². The third-order valence-corrected chi connectivity index (χ3v) is 4.81. The third kappa shape index (κ3) is 2.57. The van der Waals surface area contributed by atoms with Crippen molar-refractivity contribution in [1.82, 2.24) is 4.90 Å². The van der Waals surface area contributed by atoms with E-state index in [0.717, 1.165) is 18.5 Å². The summed E-state index contributed by atoms with van der Waals surface area (Å²) in [5.74, 6) is -0.530. The molecule has 2 heterocycles. The highest BCUT2D eigenvalue weighted by atomic mass is 19.1. The van der Waals surface area contributed by atoms with E-state index in [1.165, 1.54) is 19.2 Å². The van der Waals surface area contributed by atoms with Gasteiger partial charge in [-0.25, -0.2) is 4.39 Å². The fourth-order valence-corrected chi connectivity index (χ4v) is 3.60. The van der Waals surface area contributed by atoms with Crippen LogP contribution < -0.4 is 4.74 Å². The number of carboxylic acid groups (broad SMARTS) is 1. The lowest BCUT2D eigenvalue weighted by Gasteiger charge is -2.34. The molecule has 120 valence electrons. The van der Waals surface area contributed by atoms with E-state index in [0.29, 0.717) is 25.4 Å². The van der Waals surface area contributed by atoms with Crippen molar-refractivity contribution in [3.8, 4) is 5.75 Å². The molecule has 1 N–H and O–H groups in total. The lowest BCUT2D eigenvalue weighted by Crippen LogP contribution is -2.46. The molecule has 0 spiro atoms. The first-order valence-electron chi connectivity index (χ1n) is 7.41. The molecule has 0 unspecified atom stereocenters. The lowest BCUT2D eigenvalue weighted by molar-refractivity contribution is -0.159. The number of ether oxygens (including phenoxy) is 2. The summed E-state index contributed by atoms with van der Waals surface area (Å²) in [6.07, 6.45) is 0.767. The third-order valence-electron chi connectivity index (χ3n) is 4.81. The van der Waals surface area contributed by atoms with E-state index < -0.39 is 11.4 Å². The maximum atomic E-state index is 13.3.